The summed E-state index contributed by atoms with van der Waals surface area (Å²) >= 11 is 5.92. The molecule has 1 rings (SSSR count). The standard InChI is InChI=1S/C15H24ClNO/c1-11(2)12-6-7-15(18-5)13(10-12)14(8-9-16)17(3)4/h6-7,10-11,14H,8-9H2,1-5H3. The summed E-state index contributed by atoms with van der Waals surface area (Å²) in [6.45, 7) is 4.41. The van der Waals surface area contributed by atoms with Gasteiger partial charge in [-0.25, -0.2) is 0 Å². The normalized spacial score (nSPS) is 13.1. The van der Waals surface area contributed by atoms with Gasteiger partial charge in [0.05, 0.1) is 7.11 Å². The van der Waals surface area contributed by atoms with Gasteiger partial charge >= 0.3 is 0 Å². The first kappa shape index (κ1) is 15.3. The number of rotatable bonds is 6. The molecule has 0 radical (unpaired) electrons. The zero-order valence-electron chi connectivity index (χ0n) is 12.0. The highest BCUT2D eigenvalue weighted by molar-refractivity contribution is 6.17. The van der Waals surface area contributed by atoms with E-state index in [9.17, 15) is 0 Å². The molecule has 1 atom stereocenters. The third kappa shape index (κ3) is 3.63. The minimum atomic E-state index is 0.302. The molecular formula is C15H24ClNO. The summed E-state index contributed by atoms with van der Waals surface area (Å²) in [6.07, 6.45) is 0.923. The quantitative estimate of drug-likeness (QED) is 0.723. The Kier molecular flexibility index (Phi) is 5.97. The fourth-order valence-corrected chi connectivity index (χ4v) is 2.37. The molecule has 0 aliphatic carbocycles. The third-order valence-electron chi connectivity index (χ3n) is 3.29. The van der Waals surface area contributed by atoms with Crippen LogP contribution >= 0.6 is 11.6 Å². The van der Waals surface area contributed by atoms with Gasteiger partial charge < -0.3 is 9.64 Å². The fraction of sp³-hybridized carbons (Fsp3) is 0.600. The van der Waals surface area contributed by atoms with Gasteiger partial charge in [-0.15, -0.1) is 11.6 Å². The molecule has 2 nitrogen and oxygen atoms in total. The van der Waals surface area contributed by atoms with Gasteiger partial charge in [-0.3, -0.25) is 0 Å². The summed E-state index contributed by atoms with van der Waals surface area (Å²) in [5, 5.41) is 0. The highest BCUT2D eigenvalue weighted by Gasteiger charge is 2.18. The van der Waals surface area contributed by atoms with Crippen LogP contribution < -0.4 is 4.74 Å². The van der Waals surface area contributed by atoms with Gasteiger partial charge in [0.25, 0.3) is 0 Å². The Morgan fingerprint density at radius 1 is 1.28 bits per heavy atom. The Morgan fingerprint density at radius 3 is 2.39 bits per heavy atom. The Morgan fingerprint density at radius 2 is 1.94 bits per heavy atom. The summed E-state index contributed by atoms with van der Waals surface area (Å²) in [5.74, 6) is 2.12. The van der Waals surface area contributed by atoms with Crippen LogP contribution in [0, 0.1) is 0 Å². The van der Waals surface area contributed by atoms with Crippen LogP contribution in [0.4, 0.5) is 0 Å². The average molecular weight is 270 g/mol. The molecule has 0 N–H and O–H groups in total. The van der Waals surface area contributed by atoms with E-state index in [1.165, 1.54) is 11.1 Å². The zero-order valence-corrected chi connectivity index (χ0v) is 12.8. The second kappa shape index (κ2) is 7.01. The van der Waals surface area contributed by atoms with Crippen molar-refractivity contribution in [2.45, 2.75) is 32.2 Å². The van der Waals surface area contributed by atoms with Crippen LogP contribution in [0.1, 0.15) is 43.4 Å². The molecule has 1 unspecified atom stereocenters. The largest absolute Gasteiger partial charge is 0.496 e. The lowest BCUT2D eigenvalue weighted by molar-refractivity contribution is 0.282. The molecule has 0 saturated carbocycles. The number of ether oxygens (including phenoxy) is 1. The van der Waals surface area contributed by atoms with E-state index in [1.807, 2.05) is 0 Å². The van der Waals surface area contributed by atoms with Crippen LogP contribution in [-0.4, -0.2) is 32.0 Å². The maximum atomic E-state index is 5.92. The van der Waals surface area contributed by atoms with Gasteiger partial charge in [0.15, 0.2) is 0 Å². The fourth-order valence-electron chi connectivity index (χ4n) is 2.17. The number of methoxy groups -OCH3 is 1. The Bertz CT molecular complexity index is 377. The maximum Gasteiger partial charge on any atom is 0.123 e. The van der Waals surface area contributed by atoms with E-state index in [4.69, 9.17) is 16.3 Å². The first-order chi connectivity index (χ1) is 8.51. The van der Waals surface area contributed by atoms with Crippen LogP contribution in [0.25, 0.3) is 0 Å². The molecule has 102 valence electrons. The van der Waals surface area contributed by atoms with E-state index in [1.54, 1.807) is 7.11 Å². The third-order valence-corrected chi connectivity index (χ3v) is 3.50. The minimum Gasteiger partial charge on any atom is -0.496 e. The van der Waals surface area contributed by atoms with Crippen molar-refractivity contribution in [1.29, 1.82) is 0 Å². The lowest BCUT2D eigenvalue weighted by atomic mass is 9.95. The molecular weight excluding hydrogens is 246 g/mol. The van der Waals surface area contributed by atoms with Crippen molar-refractivity contribution in [2.75, 3.05) is 27.1 Å². The van der Waals surface area contributed by atoms with E-state index in [2.05, 4.69) is 51.0 Å². The molecule has 0 amide bonds. The van der Waals surface area contributed by atoms with E-state index in [0.717, 1.165) is 12.2 Å². The Balaban J connectivity index is 3.19. The molecule has 18 heavy (non-hydrogen) atoms. The number of nitrogens with zero attached hydrogens (tertiary/aromatic N) is 1. The van der Waals surface area contributed by atoms with Crippen LogP contribution in [0.5, 0.6) is 5.75 Å². The lowest BCUT2D eigenvalue weighted by Crippen LogP contribution is -2.21. The first-order valence-electron chi connectivity index (χ1n) is 6.41. The number of alkyl halides is 1. The number of benzene rings is 1. The average Bonchev–Trinajstić information content (AvgIpc) is 2.34. The van der Waals surface area contributed by atoms with Gasteiger partial charge in [-0.2, -0.15) is 0 Å². The van der Waals surface area contributed by atoms with Crippen molar-refractivity contribution < 1.29 is 4.74 Å². The maximum absolute atomic E-state index is 5.92. The summed E-state index contributed by atoms with van der Waals surface area (Å²) in [6, 6.07) is 6.76. The molecule has 0 heterocycles. The van der Waals surface area contributed by atoms with Gasteiger partial charge in [0, 0.05) is 17.5 Å². The molecule has 3 heteroatoms. The Labute approximate surface area is 116 Å². The van der Waals surface area contributed by atoms with Crippen molar-refractivity contribution in [1.82, 2.24) is 4.90 Å². The van der Waals surface area contributed by atoms with Crippen molar-refractivity contribution in [3.63, 3.8) is 0 Å². The van der Waals surface area contributed by atoms with Gasteiger partial charge in [-0.05, 0) is 38.1 Å². The summed E-state index contributed by atoms with van der Waals surface area (Å²) in [5.41, 5.74) is 2.57. The van der Waals surface area contributed by atoms with E-state index in [-0.39, 0.29) is 0 Å². The molecule has 0 saturated heterocycles. The molecule has 0 fully saturated rings. The monoisotopic (exact) mass is 269 g/mol. The van der Waals surface area contributed by atoms with Gasteiger partial charge in [0.2, 0.25) is 0 Å². The van der Waals surface area contributed by atoms with Crippen LogP contribution in [-0.2, 0) is 0 Å². The molecule has 0 aliphatic heterocycles. The first-order valence-corrected chi connectivity index (χ1v) is 6.95. The van der Waals surface area contributed by atoms with Crippen LogP contribution in [0.15, 0.2) is 18.2 Å². The second-order valence-electron chi connectivity index (χ2n) is 5.11. The SMILES string of the molecule is COc1ccc(C(C)C)cc1C(CCCl)N(C)C. The number of halogens is 1. The lowest BCUT2D eigenvalue weighted by Gasteiger charge is -2.26. The summed E-state index contributed by atoms with van der Waals surface area (Å²) < 4.78 is 5.49. The second-order valence-corrected chi connectivity index (χ2v) is 5.49. The highest BCUT2D eigenvalue weighted by atomic mass is 35.5. The predicted molar refractivity (Wildman–Crippen MR) is 78.8 cm³/mol. The zero-order chi connectivity index (χ0) is 13.7. The Hall–Kier alpha value is -0.730. The molecule has 0 spiro atoms. The van der Waals surface area contributed by atoms with Gasteiger partial charge in [0.1, 0.15) is 5.75 Å². The molecule has 0 aromatic heterocycles. The summed E-state index contributed by atoms with van der Waals surface area (Å²) in [7, 11) is 5.89. The molecule has 0 bridgehead atoms. The van der Waals surface area contributed by atoms with Crippen molar-refractivity contribution >= 4 is 11.6 Å². The number of hydrogen-bond acceptors (Lipinski definition) is 2. The van der Waals surface area contributed by atoms with E-state index >= 15 is 0 Å². The predicted octanol–water partition coefficient (Wildman–Crippen LogP) is 4.05. The minimum absolute atomic E-state index is 0.302. The summed E-state index contributed by atoms with van der Waals surface area (Å²) in [4.78, 5) is 2.20. The van der Waals surface area contributed by atoms with Crippen LogP contribution in [0.2, 0.25) is 0 Å². The molecule has 1 aromatic rings. The van der Waals surface area contributed by atoms with Crippen molar-refractivity contribution in [3.05, 3.63) is 29.3 Å². The van der Waals surface area contributed by atoms with Crippen LogP contribution in [0.3, 0.4) is 0 Å². The smallest absolute Gasteiger partial charge is 0.123 e. The topological polar surface area (TPSA) is 12.5 Å². The van der Waals surface area contributed by atoms with Crippen molar-refractivity contribution in [2.24, 2.45) is 0 Å². The number of hydrogen-bond donors (Lipinski definition) is 0. The highest BCUT2D eigenvalue weighted by Crippen LogP contribution is 2.33. The van der Waals surface area contributed by atoms with E-state index < -0.39 is 0 Å². The van der Waals surface area contributed by atoms with Gasteiger partial charge in [-0.1, -0.05) is 26.0 Å². The molecule has 0 aliphatic rings. The van der Waals surface area contributed by atoms with Crippen molar-refractivity contribution in [3.8, 4) is 5.75 Å². The van der Waals surface area contributed by atoms with E-state index in [0.29, 0.717) is 17.8 Å². The molecule has 1 aromatic carbocycles.